The minimum atomic E-state index is -0.00554. The lowest BCUT2D eigenvalue weighted by Crippen LogP contribution is -2.55. The Labute approximate surface area is 118 Å². The minimum Gasteiger partial charge on any atom is -0.336 e. The van der Waals surface area contributed by atoms with Crippen LogP contribution in [0.1, 0.15) is 29.8 Å². The summed E-state index contributed by atoms with van der Waals surface area (Å²) in [5.41, 5.74) is 2.41. The number of carbonyl (C=O) groups excluding carboxylic acids is 2. The maximum Gasteiger partial charge on any atom is 0.253 e. The number of rotatable bonds is 1. The van der Waals surface area contributed by atoms with Crippen LogP contribution >= 0.6 is 0 Å². The van der Waals surface area contributed by atoms with Gasteiger partial charge in [0.2, 0.25) is 5.91 Å². The van der Waals surface area contributed by atoms with E-state index in [0.717, 1.165) is 24.3 Å². The Balaban J connectivity index is 1.81. The lowest BCUT2D eigenvalue weighted by molar-refractivity contribution is -0.115. The van der Waals surface area contributed by atoms with Gasteiger partial charge >= 0.3 is 0 Å². The number of nitrogens with zero attached hydrogens (tertiary/aromatic N) is 1. The van der Waals surface area contributed by atoms with Crippen LogP contribution in [0.5, 0.6) is 0 Å². The third-order valence-corrected chi connectivity index (χ3v) is 3.82. The molecule has 2 heterocycles. The Bertz CT molecular complexity index is 560. The molecule has 0 radical (unpaired) electrons. The van der Waals surface area contributed by atoms with Gasteiger partial charge in [-0.15, -0.1) is 0 Å². The number of fused-ring (bicyclic) bond motifs is 1. The highest BCUT2D eigenvalue weighted by atomic mass is 16.2. The molecule has 0 saturated carbocycles. The number of carbonyl (C=O) groups is 2. The number of piperazine rings is 1. The van der Waals surface area contributed by atoms with E-state index >= 15 is 0 Å². The fourth-order valence-corrected chi connectivity index (χ4v) is 3.04. The predicted molar refractivity (Wildman–Crippen MR) is 76.7 cm³/mol. The SMILES string of the molecule is CC1CN(C(=O)c2ccc3c(c2)CC(=O)N3)CC(C)N1. The van der Waals surface area contributed by atoms with E-state index in [4.69, 9.17) is 0 Å². The van der Waals surface area contributed by atoms with Gasteiger partial charge in [0.05, 0.1) is 6.42 Å². The molecule has 2 aliphatic rings. The molecule has 5 heteroatoms. The van der Waals surface area contributed by atoms with Gasteiger partial charge in [0.15, 0.2) is 0 Å². The third-order valence-electron chi connectivity index (χ3n) is 3.82. The van der Waals surface area contributed by atoms with Crippen molar-refractivity contribution in [2.75, 3.05) is 18.4 Å². The average molecular weight is 273 g/mol. The van der Waals surface area contributed by atoms with Gasteiger partial charge in [0.1, 0.15) is 0 Å². The largest absolute Gasteiger partial charge is 0.336 e. The highest BCUT2D eigenvalue weighted by Crippen LogP contribution is 2.24. The summed E-state index contributed by atoms with van der Waals surface area (Å²) in [5, 5.41) is 6.20. The van der Waals surface area contributed by atoms with E-state index in [2.05, 4.69) is 24.5 Å². The molecule has 1 fully saturated rings. The fraction of sp³-hybridized carbons (Fsp3) is 0.467. The lowest BCUT2D eigenvalue weighted by atomic mass is 10.1. The smallest absolute Gasteiger partial charge is 0.253 e. The molecular formula is C15H19N3O2. The van der Waals surface area contributed by atoms with Crippen LogP contribution in [0.25, 0.3) is 0 Å². The Morgan fingerprint density at radius 2 is 1.95 bits per heavy atom. The van der Waals surface area contributed by atoms with E-state index in [-0.39, 0.29) is 11.8 Å². The van der Waals surface area contributed by atoms with Crippen molar-refractivity contribution < 1.29 is 9.59 Å². The van der Waals surface area contributed by atoms with Crippen LogP contribution in [0.2, 0.25) is 0 Å². The van der Waals surface area contributed by atoms with Gasteiger partial charge in [0, 0.05) is 36.4 Å². The summed E-state index contributed by atoms with van der Waals surface area (Å²) in [5.74, 6) is 0.0429. The van der Waals surface area contributed by atoms with E-state index in [0.29, 0.717) is 24.1 Å². The molecule has 0 spiro atoms. The Kier molecular flexibility index (Phi) is 3.22. The van der Waals surface area contributed by atoms with E-state index in [9.17, 15) is 9.59 Å². The van der Waals surface area contributed by atoms with Crippen LogP contribution in [0.15, 0.2) is 18.2 Å². The summed E-state index contributed by atoms with van der Waals surface area (Å²) in [4.78, 5) is 25.8. The molecule has 106 valence electrons. The zero-order valence-electron chi connectivity index (χ0n) is 11.8. The Morgan fingerprint density at radius 3 is 2.65 bits per heavy atom. The molecule has 0 aliphatic carbocycles. The quantitative estimate of drug-likeness (QED) is 0.802. The maximum atomic E-state index is 12.6. The lowest BCUT2D eigenvalue weighted by Gasteiger charge is -2.36. The van der Waals surface area contributed by atoms with Crippen molar-refractivity contribution in [1.82, 2.24) is 10.2 Å². The van der Waals surface area contributed by atoms with Gasteiger partial charge < -0.3 is 15.5 Å². The predicted octanol–water partition coefficient (Wildman–Crippen LogP) is 1.00. The molecule has 5 nitrogen and oxygen atoms in total. The number of benzene rings is 1. The molecular weight excluding hydrogens is 254 g/mol. The summed E-state index contributed by atoms with van der Waals surface area (Å²) in [7, 11) is 0. The monoisotopic (exact) mass is 273 g/mol. The molecule has 20 heavy (non-hydrogen) atoms. The highest BCUT2D eigenvalue weighted by molar-refractivity contribution is 6.01. The summed E-state index contributed by atoms with van der Waals surface area (Å²) >= 11 is 0. The molecule has 2 aliphatic heterocycles. The first-order chi connectivity index (χ1) is 9.52. The third kappa shape index (κ3) is 2.41. The van der Waals surface area contributed by atoms with Crippen molar-refractivity contribution in [3.8, 4) is 0 Å². The summed E-state index contributed by atoms with van der Waals surface area (Å²) in [6.45, 7) is 5.61. The van der Waals surface area contributed by atoms with Crippen molar-refractivity contribution in [3.05, 3.63) is 29.3 Å². The van der Waals surface area contributed by atoms with E-state index in [1.54, 1.807) is 6.07 Å². The Hall–Kier alpha value is -1.88. The Morgan fingerprint density at radius 1 is 1.25 bits per heavy atom. The normalized spacial score (nSPS) is 25.3. The van der Waals surface area contributed by atoms with Gasteiger partial charge in [-0.25, -0.2) is 0 Å². The highest BCUT2D eigenvalue weighted by Gasteiger charge is 2.26. The zero-order chi connectivity index (χ0) is 14.3. The number of anilines is 1. The first-order valence-electron chi connectivity index (χ1n) is 7.01. The molecule has 3 rings (SSSR count). The first kappa shape index (κ1) is 13.1. The standard InChI is InChI=1S/C15H19N3O2/c1-9-7-18(8-10(2)16-9)15(20)11-3-4-13-12(5-11)6-14(19)17-13/h3-5,9-10,16H,6-8H2,1-2H3,(H,17,19). The second kappa shape index (κ2) is 4.90. The van der Waals surface area contributed by atoms with Crippen molar-refractivity contribution in [3.63, 3.8) is 0 Å². The van der Waals surface area contributed by atoms with Crippen LogP contribution in [0.3, 0.4) is 0 Å². The first-order valence-corrected chi connectivity index (χ1v) is 7.01. The topological polar surface area (TPSA) is 61.4 Å². The molecule has 2 N–H and O–H groups in total. The molecule has 2 unspecified atom stereocenters. The van der Waals surface area contributed by atoms with Crippen LogP contribution in [-0.4, -0.2) is 41.9 Å². The second-order valence-electron chi connectivity index (χ2n) is 5.78. The number of amides is 2. The fourth-order valence-electron chi connectivity index (χ4n) is 3.04. The van der Waals surface area contributed by atoms with Crippen LogP contribution < -0.4 is 10.6 Å². The summed E-state index contributed by atoms with van der Waals surface area (Å²) < 4.78 is 0. The van der Waals surface area contributed by atoms with Crippen LogP contribution in [-0.2, 0) is 11.2 Å². The van der Waals surface area contributed by atoms with Gasteiger partial charge in [-0.3, -0.25) is 9.59 Å². The van der Waals surface area contributed by atoms with Crippen LogP contribution in [0, 0.1) is 0 Å². The van der Waals surface area contributed by atoms with Crippen molar-refractivity contribution in [2.45, 2.75) is 32.4 Å². The molecule has 2 atom stereocenters. The molecule has 0 aromatic heterocycles. The van der Waals surface area contributed by atoms with Gasteiger partial charge in [-0.05, 0) is 37.6 Å². The van der Waals surface area contributed by atoms with E-state index in [1.165, 1.54) is 0 Å². The van der Waals surface area contributed by atoms with Crippen molar-refractivity contribution >= 4 is 17.5 Å². The molecule has 2 amide bonds. The number of hydrogen-bond donors (Lipinski definition) is 2. The van der Waals surface area contributed by atoms with E-state index in [1.807, 2.05) is 17.0 Å². The van der Waals surface area contributed by atoms with E-state index < -0.39 is 0 Å². The number of nitrogens with one attached hydrogen (secondary N) is 2. The maximum absolute atomic E-state index is 12.6. The van der Waals surface area contributed by atoms with Crippen LogP contribution in [0.4, 0.5) is 5.69 Å². The van der Waals surface area contributed by atoms with Crippen molar-refractivity contribution in [1.29, 1.82) is 0 Å². The number of hydrogen-bond acceptors (Lipinski definition) is 3. The minimum absolute atomic E-state index is 0.00554. The summed E-state index contributed by atoms with van der Waals surface area (Å²) in [6, 6.07) is 6.07. The molecule has 0 bridgehead atoms. The second-order valence-corrected chi connectivity index (χ2v) is 5.78. The average Bonchev–Trinajstić information content (AvgIpc) is 2.75. The van der Waals surface area contributed by atoms with Crippen molar-refractivity contribution in [2.24, 2.45) is 0 Å². The molecule has 1 aromatic rings. The van der Waals surface area contributed by atoms with Gasteiger partial charge in [0.25, 0.3) is 5.91 Å². The zero-order valence-corrected chi connectivity index (χ0v) is 11.8. The summed E-state index contributed by atoms with van der Waals surface area (Å²) in [6.07, 6.45) is 0.366. The molecule has 1 aromatic carbocycles. The van der Waals surface area contributed by atoms with Gasteiger partial charge in [-0.2, -0.15) is 0 Å². The molecule has 1 saturated heterocycles. The van der Waals surface area contributed by atoms with Gasteiger partial charge in [-0.1, -0.05) is 0 Å².